The Kier molecular flexibility index (Phi) is 40.3. The third-order valence-corrected chi connectivity index (χ3v) is 16.4. The van der Waals surface area contributed by atoms with Crippen molar-refractivity contribution < 1.29 is 33.4 Å². The molecule has 0 spiro atoms. The van der Waals surface area contributed by atoms with E-state index < -0.39 is 23.4 Å². The van der Waals surface area contributed by atoms with Gasteiger partial charge in [-0.25, -0.2) is 9.59 Å². The maximum absolute atomic E-state index is 13.1. The zero-order valence-corrected chi connectivity index (χ0v) is 61.6. The molecule has 99 heavy (non-hydrogen) atoms. The van der Waals surface area contributed by atoms with Crippen LogP contribution in [0.15, 0.2) is 128 Å². The van der Waals surface area contributed by atoms with Gasteiger partial charge in [0, 0.05) is 50.3 Å². The van der Waals surface area contributed by atoms with E-state index in [0.29, 0.717) is 52.1 Å². The number of nitrogens with zero attached hydrogens (tertiary/aromatic N) is 6. The summed E-state index contributed by atoms with van der Waals surface area (Å²) in [6, 6.07) is 28.6. The summed E-state index contributed by atoms with van der Waals surface area (Å²) in [6.07, 6.45) is 26.1. The number of aryl methyl sites for hydroxylation is 3. The number of amides is 5. The van der Waals surface area contributed by atoms with E-state index in [1.54, 1.807) is 18.6 Å². The van der Waals surface area contributed by atoms with E-state index in [2.05, 4.69) is 90.6 Å². The Bertz CT molecular complexity index is 3130. The first-order valence-electron chi connectivity index (χ1n) is 34.2. The number of unbranched alkanes of at least 4 members (excludes halogenated alkanes) is 3. The normalized spacial score (nSPS) is 15.8. The number of aromatic nitrogens is 6. The Morgan fingerprint density at radius 1 is 0.414 bits per heavy atom. The quantitative estimate of drug-likeness (QED) is 0.0197. The first kappa shape index (κ1) is 86.1. The lowest BCUT2D eigenvalue weighted by Gasteiger charge is -2.29. The van der Waals surface area contributed by atoms with Crippen LogP contribution in [0.4, 0.5) is 9.59 Å². The minimum Gasteiger partial charge on any atom is -0.444 e. The van der Waals surface area contributed by atoms with Gasteiger partial charge in [-0.05, 0) is 229 Å². The molecule has 6 atom stereocenters. The van der Waals surface area contributed by atoms with Crippen molar-refractivity contribution in [1.29, 1.82) is 0 Å². The Labute approximate surface area is 610 Å². The maximum Gasteiger partial charge on any atom is 0.407 e. The number of hydrogen-bond donors (Lipinski definition) is 9. The first-order chi connectivity index (χ1) is 45.9. The highest BCUT2D eigenvalue weighted by Gasteiger charge is 2.31. The van der Waals surface area contributed by atoms with Crippen molar-refractivity contribution in [3.05, 3.63) is 179 Å². The predicted molar refractivity (Wildman–Crippen MR) is 397 cm³/mol. The Morgan fingerprint density at radius 3 is 1.00 bits per heavy atom. The lowest BCUT2D eigenvalue weighted by molar-refractivity contribution is -0.124. The van der Waals surface area contributed by atoms with Crippen LogP contribution in [-0.4, -0.2) is 109 Å². The molecule has 3 unspecified atom stereocenters. The Hall–Kier alpha value is -7.15. The zero-order valence-electron chi connectivity index (χ0n) is 58.3. The largest absolute Gasteiger partial charge is 0.444 e. The minimum absolute atomic E-state index is 0. The van der Waals surface area contributed by atoms with Crippen LogP contribution in [0.3, 0.4) is 0 Å². The van der Waals surface area contributed by atoms with Crippen molar-refractivity contribution in [2.75, 3.05) is 19.6 Å². The molecule has 0 fully saturated rings. The van der Waals surface area contributed by atoms with Gasteiger partial charge >= 0.3 is 12.2 Å². The SMILES string of the molecule is CC(C)(C)OC(=O)NCCCC[C@H](NC1CCCc2cccnc21)C(=O)NCc1ccccn1.CC(C)(C)OC(=O)NCCCC[C@H](NC1CCCc2cccnc21)C(=O)NCc1ccccn1.Cl.Cl.Cl.Cl.NCCCC[C@H](NC1CCCc2cccnc21)C(=O)NCc1ccccn1. The minimum atomic E-state index is -0.519. The molecule has 0 aromatic carbocycles. The van der Waals surface area contributed by atoms with Crippen LogP contribution in [-0.2, 0) is 62.8 Å². The Balaban J connectivity index is 0.000000381. The number of carbonyl (C=O) groups is 5. The van der Waals surface area contributed by atoms with Crippen LogP contribution < -0.4 is 48.3 Å². The van der Waals surface area contributed by atoms with Gasteiger partial charge in [0.1, 0.15) is 11.2 Å². The number of nitrogens with one attached hydrogen (secondary N) is 8. The molecule has 0 bridgehead atoms. The second kappa shape index (κ2) is 46.3. The van der Waals surface area contributed by atoms with Crippen LogP contribution in [0.25, 0.3) is 0 Å². The Morgan fingerprint density at radius 2 is 0.717 bits per heavy atom. The number of pyridine rings is 6. The molecule has 0 aliphatic heterocycles. The fourth-order valence-electron chi connectivity index (χ4n) is 11.8. The average Bonchev–Trinajstić information content (AvgIpc) is 0.841. The highest BCUT2D eigenvalue weighted by Crippen LogP contribution is 2.31. The van der Waals surface area contributed by atoms with Gasteiger partial charge in [-0.1, -0.05) is 42.8 Å². The van der Waals surface area contributed by atoms with E-state index in [1.807, 2.05) is 133 Å². The molecule has 26 heteroatoms. The van der Waals surface area contributed by atoms with Gasteiger partial charge in [0.05, 0.1) is 90.0 Å². The molecule has 544 valence electrons. The molecule has 22 nitrogen and oxygen atoms in total. The van der Waals surface area contributed by atoms with Gasteiger partial charge < -0.3 is 41.8 Å². The fourth-order valence-corrected chi connectivity index (χ4v) is 11.8. The molecule has 5 amide bonds. The number of halogens is 4. The van der Waals surface area contributed by atoms with Gasteiger partial charge in [-0.15, -0.1) is 49.6 Å². The lowest BCUT2D eigenvalue weighted by Crippen LogP contribution is -2.46. The summed E-state index contributed by atoms with van der Waals surface area (Å²) in [7, 11) is 0. The van der Waals surface area contributed by atoms with Crippen molar-refractivity contribution in [3.63, 3.8) is 0 Å². The van der Waals surface area contributed by atoms with Crippen molar-refractivity contribution in [2.24, 2.45) is 5.73 Å². The summed E-state index contributed by atoms with van der Waals surface area (Å²) in [6.45, 7) is 13.9. The van der Waals surface area contributed by atoms with E-state index in [9.17, 15) is 24.0 Å². The number of nitrogens with two attached hydrogens (primary N) is 1. The van der Waals surface area contributed by atoms with Crippen LogP contribution in [0.2, 0.25) is 0 Å². The second-order valence-corrected chi connectivity index (χ2v) is 26.4. The van der Waals surface area contributed by atoms with Gasteiger partial charge in [-0.3, -0.25) is 60.2 Å². The molecule has 6 aromatic heterocycles. The molecular formula is C73H107Cl4N15O7. The smallest absolute Gasteiger partial charge is 0.407 e. The molecule has 6 aromatic rings. The summed E-state index contributed by atoms with van der Waals surface area (Å²) in [5, 5.41) is 25.4. The number of ether oxygens (including phenoxy) is 2. The number of hydrogen-bond acceptors (Lipinski definition) is 17. The maximum atomic E-state index is 13.1. The second-order valence-electron chi connectivity index (χ2n) is 26.4. The number of alkyl carbamates (subject to hydrolysis) is 2. The van der Waals surface area contributed by atoms with E-state index in [1.165, 1.54) is 16.7 Å². The third-order valence-electron chi connectivity index (χ3n) is 16.4. The van der Waals surface area contributed by atoms with Crippen LogP contribution >= 0.6 is 49.6 Å². The van der Waals surface area contributed by atoms with Crippen LogP contribution in [0, 0.1) is 0 Å². The van der Waals surface area contributed by atoms with E-state index in [4.69, 9.17) is 15.2 Å². The molecule has 0 radical (unpaired) electrons. The summed E-state index contributed by atoms with van der Waals surface area (Å²) in [4.78, 5) is 89.4. The fraction of sp³-hybridized carbons (Fsp3) is 0.521. The van der Waals surface area contributed by atoms with Gasteiger partial charge in [0.25, 0.3) is 0 Å². The van der Waals surface area contributed by atoms with Crippen molar-refractivity contribution in [3.8, 4) is 0 Å². The van der Waals surface area contributed by atoms with Crippen LogP contribution in [0.5, 0.6) is 0 Å². The highest BCUT2D eigenvalue weighted by molar-refractivity contribution is 5.86. The van der Waals surface area contributed by atoms with Crippen molar-refractivity contribution in [2.45, 2.75) is 224 Å². The average molecular weight is 1450 g/mol. The molecule has 10 N–H and O–H groups in total. The number of rotatable bonds is 29. The third kappa shape index (κ3) is 31.9. The highest BCUT2D eigenvalue weighted by atomic mass is 35.5. The van der Waals surface area contributed by atoms with E-state index >= 15 is 0 Å². The van der Waals surface area contributed by atoms with Crippen molar-refractivity contribution in [1.82, 2.24) is 72.4 Å². The molecule has 0 saturated heterocycles. The van der Waals surface area contributed by atoms with Gasteiger partial charge in [0.15, 0.2) is 0 Å². The topological polar surface area (TPSA) is 303 Å². The zero-order chi connectivity index (χ0) is 67.7. The molecule has 3 aliphatic carbocycles. The van der Waals surface area contributed by atoms with Gasteiger partial charge in [0.2, 0.25) is 17.7 Å². The first-order valence-corrected chi connectivity index (χ1v) is 34.2. The van der Waals surface area contributed by atoms with E-state index in [0.717, 1.165) is 137 Å². The molecular weight excluding hydrogens is 1340 g/mol. The summed E-state index contributed by atoms with van der Waals surface area (Å²) in [5.41, 5.74) is 14.1. The number of carbonyl (C=O) groups excluding carboxylic acids is 5. The molecule has 9 rings (SSSR count). The monoisotopic (exact) mass is 1450 g/mol. The number of fused-ring (bicyclic) bond motifs is 3. The molecule has 3 aliphatic rings. The van der Waals surface area contributed by atoms with Crippen LogP contribution in [0.1, 0.15) is 207 Å². The summed E-state index contributed by atoms with van der Waals surface area (Å²) in [5.74, 6) is -0.0802. The summed E-state index contributed by atoms with van der Waals surface area (Å²) < 4.78 is 10.5. The van der Waals surface area contributed by atoms with Crippen molar-refractivity contribution >= 4 is 79.5 Å². The summed E-state index contributed by atoms with van der Waals surface area (Å²) >= 11 is 0. The van der Waals surface area contributed by atoms with E-state index in [-0.39, 0.29) is 104 Å². The standard InChI is InChI=1S/2C26H37N5O3.C21H29N5O.4ClH/c2*1-26(2,3)34-25(33)29-16-7-5-13-22(24(32)30-18-20-12-4-6-15-27-20)31-21-14-8-10-19-11-9-17-28-23(19)21;22-12-3-1-10-19(21(27)25-15-17-9-2-4-13-23-17)26-18-11-5-7-16-8-6-14-24-20(16)18;;;;/h2*4,6,9,11-12,15,17,21-22,31H,5,7-8,10,13-14,16,18H2,1-3H3,(H,29,33)(H,30,32);2,4,6,8-9,13-14,18-19,26H,1,3,5,7,10-12,15,22H2,(H,25,27);4*1H/t2*21?,22-;18?,19-;;;;/m000..../s1. The molecule has 6 heterocycles. The lowest BCUT2D eigenvalue weighted by atomic mass is 9.91. The molecule has 0 saturated carbocycles. The van der Waals surface area contributed by atoms with Gasteiger partial charge in [-0.2, -0.15) is 0 Å². The predicted octanol–water partition coefficient (Wildman–Crippen LogP) is 11.6.